The number of carbonyl (C=O) groups excluding carboxylic acids is 1. The summed E-state index contributed by atoms with van der Waals surface area (Å²) < 4.78 is 20.7. The minimum absolute atomic E-state index is 0.0656. The minimum atomic E-state index is -0.722. The summed E-state index contributed by atoms with van der Waals surface area (Å²) >= 11 is 0. The Balaban J connectivity index is 4.01. The molecule has 6 heteroatoms. The Morgan fingerprint density at radius 1 is 1.20 bits per heavy atom. The monoisotopic (exact) mass is 291 g/mol. The lowest BCUT2D eigenvalue weighted by molar-refractivity contribution is -0.149. The molecule has 0 radical (unpaired) electrons. The number of carbonyl (C=O) groups is 1. The zero-order chi connectivity index (χ0) is 15.4. The average Bonchev–Trinajstić information content (AvgIpc) is 2.41. The van der Waals surface area contributed by atoms with E-state index in [-0.39, 0.29) is 12.1 Å². The van der Waals surface area contributed by atoms with Crippen LogP contribution in [0, 0.1) is 0 Å². The van der Waals surface area contributed by atoms with Gasteiger partial charge in [0.1, 0.15) is 5.54 Å². The highest BCUT2D eigenvalue weighted by atomic mass is 16.5. The number of likely N-dealkylation sites (N-methyl/N-ethyl adjacent to an activating group) is 1. The zero-order valence-corrected chi connectivity index (χ0v) is 13.4. The van der Waals surface area contributed by atoms with Gasteiger partial charge in [-0.1, -0.05) is 6.92 Å². The number of methoxy groups -OCH3 is 2. The van der Waals surface area contributed by atoms with Gasteiger partial charge >= 0.3 is 5.97 Å². The minimum Gasteiger partial charge on any atom is -0.468 e. The molecule has 0 aromatic heterocycles. The molecule has 0 aliphatic carbocycles. The van der Waals surface area contributed by atoms with Gasteiger partial charge in [0.05, 0.1) is 39.6 Å². The molecule has 0 bridgehead atoms. The second kappa shape index (κ2) is 11.0. The summed E-state index contributed by atoms with van der Waals surface area (Å²) in [6.45, 7) is 8.57. The SMILES string of the molecule is CCNC(C)(CC(C)OCCOCCOC)C(=O)OC. The Kier molecular flexibility index (Phi) is 10.6. The Morgan fingerprint density at radius 3 is 2.40 bits per heavy atom. The van der Waals surface area contributed by atoms with Gasteiger partial charge in [-0.15, -0.1) is 0 Å². The highest BCUT2D eigenvalue weighted by molar-refractivity contribution is 5.80. The van der Waals surface area contributed by atoms with Gasteiger partial charge in [-0.3, -0.25) is 4.79 Å². The summed E-state index contributed by atoms with van der Waals surface area (Å²) in [5, 5.41) is 3.16. The topological polar surface area (TPSA) is 66.0 Å². The van der Waals surface area contributed by atoms with Crippen molar-refractivity contribution in [2.45, 2.75) is 38.8 Å². The van der Waals surface area contributed by atoms with Crippen LogP contribution < -0.4 is 5.32 Å². The fourth-order valence-corrected chi connectivity index (χ4v) is 2.03. The molecule has 0 rings (SSSR count). The van der Waals surface area contributed by atoms with Gasteiger partial charge in [0, 0.05) is 13.5 Å². The molecule has 0 aromatic carbocycles. The number of hydrogen-bond acceptors (Lipinski definition) is 6. The molecule has 0 saturated heterocycles. The number of hydrogen-bond donors (Lipinski definition) is 1. The molecule has 2 atom stereocenters. The molecular weight excluding hydrogens is 262 g/mol. The van der Waals surface area contributed by atoms with Gasteiger partial charge in [-0.05, 0) is 20.4 Å². The highest BCUT2D eigenvalue weighted by Crippen LogP contribution is 2.16. The van der Waals surface area contributed by atoms with E-state index in [1.807, 2.05) is 20.8 Å². The summed E-state index contributed by atoms with van der Waals surface area (Å²) in [5.74, 6) is -0.272. The molecule has 1 N–H and O–H groups in total. The molecule has 0 fully saturated rings. The molecule has 0 aromatic rings. The Bertz CT molecular complexity index is 262. The van der Waals surface area contributed by atoms with E-state index >= 15 is 0 Å². The maximum absolute atomic E-state index is 11.8. The van der Waals surface area contributed by atoms with Gasteiger partial charge in [-0.2, -0.15) is 0 Å². The molecule has 2 unspecified atom stereocenters. The summed E-state index contributed by atoms with van der Waals surface area (Å²) in [4.78, 5) is 11.8. The van der Waals surface area contributed by atoms with E-state index in [2.05, 4.69) is 5.32 Å². The largest absolute Gasteiger partial charge is 0.468 e. The van der Waals surface area contributed by atoms with Crippen molar-refractivity contribution in [1.29, 1.82) is 0 Å². The van der Waals surface area contributed by atoms with Crippen LogP contribution in [0.2, 0.25) is 0 Å². The number of ether oxygens (including phenoxy) is 4. The van der Waals surface area contributed by atoms with E-state index < -0.39 is 5.54 Å². The van der Waals surface area contributed by atoms with E-state index in [0.29, 0.717) is 39.4 Å². The second-order valence-corrected chi connectivity index (χ2v) is 4.84. The lowest BCUT2D eigenvalue weighted by Crippen LogP contribution is -2.52. The summed E-state index contributed by atoms with van der Waals surface area (Å²) in [6, 6.07) is 0. The third kappa shape index (κ3) is 7.79. The molecule has 0 amide bonds. The van der Waals surface area contributed by atoms with E-state index in [1.165, 1.54) is 7.11 Å². The molecule has 0 saturated carbocycles. The normalized spacial score (nSPS) is 15.7. The van der Waals surface area contributed by atoms with E-state index in [1.54, 1.807) is 7.11 Å². The predicted molar refractivity (Wildman–Crippen MR) is 76.8 cm³/mol. The first-order valence-corrected chi connectivity index (χ1v) is 7.01. The van der Waals surface area contributed by atoms with Crippen LogP contribution in [0.25, 0.3) is 0 Å². The maximum Gasteiger partial charge on any atom is 0.325 e. The van der Waals surface area contributed by atoms with Gasteiger partial charge in [-0.25, -0.2) is 0 Å². The third-order valence-electron chi connectivity index (χ3n) is 2.96. The quantitative estimate of drug-likeness (QED) is 0.427. The van der Waals surface area contributed by atoms with Crippen LogP contribution in [-0.4, -0.2) is 64.8 Å². The molecule has 20 heavy (non-hydrogen) atoms. The second-order valence-electron chi connectivity index (χ2n) is 4.84. The van der Waals surface area contributed by atoms with Crippen molar-refractivity contribution in [2.75, 3.05) is 47.2 Å². The fourth-order valence-electron chi connectivity index (χ4n) is 2.03. The standard InChI is InChI=1S/C14H29NO5/c1-6-15-14(3,13(16)18-5)11-12(2)20-10-9-19-8-7-17-4/h12,15H,6-11H2,1-5H3. The molecule has 6 nitrogen and oxygen atoms in total. The average molecular weight is 291 g/mol. The first kappa shape index (κ1) is 19.3. The predicted octanol–water partition coefficient (Wildman–Crippen LogP) is 0.986. The van der Waals surface area contributed by atoms with Crippen molar-refractivity contribution in [1.82, 2.24) is 5.32 Å². The van der Waals surface area contributed by atoms with E-state index in [9.17, 15) is 4.79 Å². The number of esters is 1. The first-order valence-electron chi connectivity index (χ1n) is 7.01. The first-order chi connectivity index (χ1) is 9.50. The fraction of sp³-hybridized carbons (Fsp3) is 0.929. The summed E-state index contributed by atoms with van der Waals surface area (Å²) in [7, 11) is 3.03. The van der Waals surface area contributed by atoms with Crippen molar-refractivity contribution < 1.29 is 23.7 Å². The van der Waals surface area contributed by atoms with Gasteiger partial charge < -0.3 is 24.3 Å². The van der Waals surface area contributed by atoms with Crippen molar-refractivity contribution in [3.05, 3.63) is 0 Å². The van der Waals surface area contributed by atoms with Crippen molar-refractivity contribution >= 4 is 5.97 Å². The molecule has 0 aliphatic rings. The van der Waals surface area contributed by atoms with E-state index in [0.717, 1.165) is 0 Å². The van der Waals surface area contributed by atoms with Crippen molar-refractivity contribution in [3.63, 3.8) is 0 Å². The molecular formula is C14H29NO5. The Morgan fingerprint density at radius 2 is 1.85 bits per heavy atom. The lowest BCUT2D eigenvalue weighted by atomic mass is 9.94. The Labute approximate surface area is 122 Å². The van der Waals surface area contributed by atoms with Crippen LogP contribution in [0.3, 0.4) is 0 Å². The molecule has 120 valence electrons. The summed E-state index contributed by atoms with van der Waals surface area (Å²) in [5.41, 5.74) is -0.722. The zero-order valence-electron chi connectivity index (χ0n) is 13.4. The van der Waals surface area contributed by atoms with E-state index in [4.69, 9.17) is 18.9 Å². The highest BCUT2D eigenvalue weighted by Gasteiger charge is 2.35. The molecule has 0 heterocycles. The van der Waals surface area contributed by atoms with Gasteiger partial charge in [0.2, 0.25) is 0 Å². The maximum atomic E-state index is 11.8. The van der Waals surface area contributed by atoms with Crippen LogP contribution >= 0.6 is 0 Å². The Hall–Kier alpha value is -0.690. The number of rotatable bonds is 12. The van der Waals surface area contributed by atoms with Crippen molar-refractivity contribution in [2.24, 2.45) is 0 Å². The third-order valence-corrected chi connectivity index (χ3v) is 2.96. The van der Waals surface area contributed by atoms with Gasteiger partial charge in [0.25, 0.3) is 0 Å². The smallest absolute Gasteiger partial charge is 0.325 e. The number of nitrogens with one attached hydrogen (secondary N) is 1. The van der Waals surface area contributed by atoms with Crippen LogP contribution in [0.4, 0.5) is 0 Å². The van der Waals surface area contributed by atoms with Crippen LogP contribution in [0.1, 0.15) is 27.2 Å². The molecule has 0 spiro atoms. The summed E-state index contributed by atoms with van der Waals surface area (Å²) in [6.07, 6.45) is 0.482. The van der Waals surface area contributed by atoms with Crippen LogP contribution in [0.5, 0.6) is 0 Å². The van der Waals surface area contributed by atoms with Gasteiger partial charge in [0.15, 0.2) is 0 Å². The van der Waals surface area contributed by atoms with Crippen LogP contribution in [0.15, 0.2) is 0 Å². The van der Waals surface area contributed by atoms with Crippen molar-refractivity contribution in [3.8, 4) is 0 Å². The lowest BCUT2D eigenvalue weighted by Gasteiger charge is -2.30. The van der Waals surface area contributed by atoms with Crippen LogP contribution in [-0.2, 0) is 23.7 Å². The molecule has 0 aliphatic heterocycles.